The molecule has 5 heteroatoms. The zero-order valence-corrected chi connectivity index (χ0v) is 14.1. The number of methoxy groups -OCH3 is 1. The van der Waals surface area contributed by atoms with Crippen LogP contribution >= 0.6 is 0 Å². The summed E-state index contributed by atoms with van der Waals surface area (Å²) >= 11 is 0. The van der Waals surface area contributed by atoms with Crippen LogP contribution in [0.15, 0.2) is 36.9 Å². The van der Waals surface area contributed by atoms with E-state index in [1.807, 2.05) is 24.3 Å². The van der Waals surface area contributed by atoms with Gasteiger partial charge in [0, 0.05) is 6.42 Å². The third-order valence-electron chi connectivity index (χ3n) is 3.77. The lowest BCUT2D eigenvalue weighted by Gasteiger charge is -2.36. The van der Waals surface area contributed by atoms with E-state index in [-0.39, 0.29) is 6.42 Å². The highest BCUT2D eigenvalue weighted by atomic mass is 16.6. The number of hydrogen-bond donors (Lipinski definition) is 0. The first-order valence-electron chi connectivity index (χ1n) is 7.55. The molecule has 0 saturated heterocycles. The number of esters is 1. The third-order valence-corrected chi connectivity index (χ3v) is 3.77. The Labute approximate surface area is 136 Å². The quantitative estimate of drug-likeness (QED) is 0.633. The normalized spacial score (nSPS) is 19.9. The van der Waals surface area contributed by atoms with Gasteiger partial charge in [0.25, 0.3) is 0 Å². The van der Waals surface area contributed by atoms with Gasteiger partial charge in [-0.15, -0.1) is 6.58 Å². The zero-order valence-electron chi connectivity index (χ0n) is 14.1. The van der Waals surface area contributed by atoms with Gasteiger partial charge in [0.2, 0.25) is 0 Å². The fourth-order valence-electron chi connectivity index (χ4n) is 2.92. The number of hydrogen-bond acceptors (Lipinski definition) is 4. The first-order valence-corrected chi connectivity index (χ1v) is 7.55. The van der Waals surface area contributed by atoms with E-state index >= 15 is 0 Å². The third kappa shape index (κ3) is 3.09. The van der Waals surface area contributed by atoms with Crippen LogP contribution in [-0.4, -0.2) is 30.3 Å². The lowest BCUT2D eigenvalue weighted by Crippen LogP contribution is -2.57. The van der Waals surface area contributed by atoms with Gasteiger partial charge in [-0.1, -0.05) is 24.3 Å². The number of anilines is 1. The van der Waals surface area contributed by atoms with E-state index in [0.717, 1.165) is 5.56 Å². The van der Waals surface area contributed by atoms with Crippen molar-refractivity contribution in [3.05, 3.63) is 42.5 Å². The average Bonchev–Trinajstić information content (AvgIpc) is 2.80. The summed E-state index contributed by atoms with van der Waals surface area (Å²) in [6, 6.07) is 7.43. The molecule has 124 valence electrons. The molecule has 0 N–H and O–H groups in total. The second-order valence-electron chi connectivity index (χ2n) is 6.64. The molecule has 1 amide bonds. The summed E-state index contributed by atoms with van der Waals surface area (Å²) < 4.78 is 10.5. The number of benzene rings is 1. The average molecular weight is 317 g/mol. The van der Waals surface area contributed by atoms with Crippen LogP contribution in [-0.2, 0) is 20.7 Å². The highest BCUT2D eigenvalue weighted by molar-refractivity contribution is 6.02. The molecule has 1 aromatic rings. The minimum absolute atomic E-state index is 0.285. The first-order chi connectivity index (χ1) is 10.7. The van der Waals surface area contributed by atoms with Crippen molar-refractivity contribution in [3.8, 4) is 0 Å². The van der Waals surface area contributed by atoms with Gasteiger partial charge in [-0.3, -0.25) is 4.90 Å². The second-order valence-corrected chi connectivity index (χ2v) is 6.64. The van der Waals surface area contributed by atoms with Gasteiger partial charge in [0.1, 0.15) is 5.60 Å². The van der Waals surface area contributed by atoms with Crippen molar-refractivity contribution in [2.45, 2.75) is 44.8 Å². The Kier molecular flexibility index (Phi) is 4.50. The molecule has 1 aromatic carbocycles. The number of nitrogens with zero attached hydrogens (tertiary/aromatic N) is 1. The first kappa shape index (κ1) is 17.1. The summed E-state index contributed by atoms with van der Waals surface area (Å²) in [6.07, 6.45) is 1.73. The van der Waals surface area contributed by atoms with Crippen molar-refractivity contribution in [1.29, 1.82) is 0 Å². The molecule has 0 aliphatic carbocycles. The number of amides is 1. The minimum atomic E-state index is -1.15. The van der Waals surface area contributed by atoms with E-state index in [0.29, 0.717) is 12.1 Å². The maximum Gasteiger partial charge on any atom is 0.415 e. The summed E-state index contributed by atoms with van der Waals surface area (Å²) in [5.41, 5.74) is -0.229. The Bertz CT molecular complexity index is 632. The number of ether oxygens (including phenoxy) is 2. The maximum atomic E-state index is 12.8. The molecular formula is C18H23NO4. The van der Waals surface area contributed by atoms with Crippen LogP contribution in [0.3, 0.4) is 0 Å². The predicted molar refractivity (Wildman–Crippen MR) is 88.4 cm³/mol. The van der Waals surface area contributed by atoms with E-state index in [4.69, 9.17) is 9.47 Å². The lowest BCUT2D eigenvalue weighted by atomic mass is 9.90. The number of para-hydroxylation sites is 1. The summed E-state index contributed by atoms with van der Waals surface area (Å²) in [4.78, 5) is 26.8. The van der Waals surface area contributed by atoms with E-state index in [1.165, 1.54) is 12.0 Å². The topological polar surface area (TPSA) is 55.8 Å². The fourth-order valence-corrected chi connectivity index (χ4v) is 2.92. The van der Waals surface area contributed by atoms with Crippen LogP contribution in [0.1, 0.15) is 32.8 Å². The molecule has 1 atom stereocenters. The van der Waals surface area contributed by atoms with Gasteiger partial charge in [-0.25, -0.2) is 9.59 Å². The number of rotatable bonds is 3. The molecule has 1 aliphatic rings. The largest absolute Gasteiger partial charge is 0.467 e. The van der Waals surface area contributed by atoms with Gasteiger partial charge in [-0.05, 0) is 38.8 Å². The number of carbonyl (C=O) groups excluding carboxylic acids is 2. The molecule has 5 nitrogen and oxygen atoms in total. The summed E-state index contributed by atoms with van der Waals surface area (Å²) in [7, 11) is 1.32. The molecule has 0 spiro atoms. The second kappa shape index (κ2) is 6.07. The Hall–Kier alpha value is -2.30. The summed E-state index contributed by atoms with van der Waals surface area (Å²) in [5.74, 6) is -0.473. The molecule has 1 heterocycles. The van der Waals surface area contributed by atoms with Crippen LogP contribution in [0.5, 0.6) is 0 Å². The summed E-state index contributed by atoms with van der Waals surface area (Å²) in [5, 5.41) is 0. The standard InChI is InChI=1S/C18H23NO4/c1-6-11-18(15(20)22-5)12-13-9-7-8-10-14(13)19(18)16(21)23-17(2,3)4/h6-10H,1,11-12H2,2-5H3. The Morgan fingerprint density at radius 3 is 2.57 bits per heavy atom. The fraction of sp³-hybridized carbons (Fsp3) is 0.444. The van der Waals surface area contributed by atoms with Crippen molar-refractivity contribution < 1.29 is 19.1 Å². The van der Waals surface area contributed by atoms with Crippen molar-refractivity contribution in [1.82, 2.24) is 0 Å². The Balaban J connectivity index is 2.55. The van der Waals surface area contributed by atoms with E-state index in [1.54, 1.807) is 26.8 Å². The van der Waals surface area contributed by atoms with Crippen molar-refractivity contribution in [2.24, 2.45) is 0 Å². The van der Waals surface area contributed by atoms with Crippen molar-refractivity contribution in [2.75, 3.05) is 12.0 Å². The molecular weight excluding hydrogens is 294 g/mol. The maximum absolute atomic E-state index is 12.8. The molecule has 0 aromatic heterocycles. The highest BCUT2D eigenvalue weighted by Gasteiger charge is 2.53. The number of fused-ring (bicyclic) bond motifs is 1. The molecule has 2 rings (SSSR count). The van der Waals surface area contributed by atoms with Crippen LogP contribution in [0, 0.1) is 0 Å². The predicted octanol–water partition coefficient (Wildman–Crippen LogP) is 3.47. The SMILES string of the molecule is C=CCC1(C(=O)OC)Cc2ccccc2N1C(=O)OC(C)(C)C. The Morgan fingerprint density at radius 1 is 1.35 bits per heavy atom. The molecule has 0 radical (unpaired) electrons. The van der Waals surface area contributed by atoms with Gasteiger partial charge in [0.05, 0.1) is 12.8 Å². The molecule has 1 unspecified atom stereocenters. The van der Waals surface area contributed by atoms with E-state index in [9.17, 15) is 9.59 Å². The van der Waals surface area contributed by atoms with E-state index < -0.39 is 23.2 Å². The van der Waals surface area contributed by atoms with Crippen molar-refractivity contribution >= 4 is 17.7 Å². The molecule has 0 bridgehead atoms. The monoisotopic (exact) mass is 317 g/mol. The molecule has 23 heavy (non-hydrogen) atoms. The lowest BCUT2D eigenvalue weighted by molar-refractivity contribution is -0.146. The van der Waals surface area contributed by atoms with Crippen molar-refractivity contribution in [3.63, 3.8) is 0 Å². The Morgan fingerprint density at radius 2 is 2.00 bits per heavy atom. The van der Waals surface area contributed by atoms with E-state index in [2.05, 4.69) is 6.58 Å². The van der Waals surface area contributed by atoms with Gasteiger partial charge in [0.15, 0.2) is 5.54 Å². The highest BCUT2D eigenvalue weighted by Crippen LogP contribution is 2.42. The number of carbonyl (C=O) groups is 2. The van der Waals surface area contributed by atoms with Crippen LogP contribution < -0.4 is 4.90 Å². The zero-order chi connectivity index (χ0) is 17.3. The van der Waals surface area contributed by atoms with Crippen LogP contribution in [0.4, 0.5) is 10.5 Å². The van der Waals surface area contributed by atoms with Crippen LogP contribution in [0.2, 0.25) is 0 Å². The van der Waals surface area contributed by atoms with Gasteiger partial charge in [-0.2, -0.15) is 0 Å². The molecule has 0 saturated carbocycles. The van der Waals surface area contributed by atoms with Gasteiger partial charge >= 0.3 is 12.1 Å². The van der Waals surface area contributed by atoms with Crippen LogP contribution in [0.25, 0.3) is 0 Å². The summed E-state index contributed by atoms with van der Waals surface area (Å²) in [6.45, 7) is 9.11. The molecule has 1 aliphatic heterocycles. The van der Waals surface area contributed by atoms with Gasteiger partial charge < -0.3 is 9.47 Å². The smallest absolute Gasteiger partial charge is 0.415 e. The molecule has 0 fully saturated rings. The minimum Gasteiger partial charge on any atom is -0.467 e.